The number of aliphatic hydroxyl groups excluding tert-OH is 1. The van der Waals surface area contributed by atoms with Crippen LogP contribution in [0.15, 0.2) is 42.6 Å². The summed E-state index contributed by atoms with van der Waals surface area (Å²) in [7, 11) is 1.95. The molecule has 130 valence electrons. The second-order valence-electron chi connectivity index (χ2n) is 6.71. The van der Waals surface area contributed by atoms with Gasteiger partial charge in [-0.05, 0) is 38.0 Å². The van der Waals surface area contributed by atoms with E-state index in [0.29, 0.717) is 5.56 Å². The number of nitrogens with zero attached hydrogens (tertiary/aromatic N) is 1. The third-order valence-electron chi connectivity index (χ3n) is 4.65. The van der Waals surface area contributed by atoms with Crippen LogP contribution in [0.1, 0.15) is 38.7 Å². The number of aliphatic hydroxyl groups is 1. The Bertz CT molecular complexity index is 917. The van der Waals surface area contributed by atoms with Gasteiger partial charge in [0.1, 0.15) is 0 Å². The van der Waals surface area contributed by atoms with E-state index in [0.717, 1.165) is 33.2 Å². The minimum Gasteiger partial charge on any atom is -0.386 e. The van der Waals surface area contributed by atoms with Crippen LogP contribution in [0.3, 0.4) is 0 Å². The molecule has 3 aromatic rings. The molecule has 2 aromatic carbocycles. The van der Waals surface area contributed by atoms with E-state index in [1.807, 2.05) is 75.0 Å². The normalized spacial score (nSPS) is 12.4. The minimum atomic E-state index is -0.749. The summed E-state index contributed by atoms with van der Waals surface area (Å²) in [5, 5.41) is 14.5. The van der Waals surface area contributed by atoms with Crippen LogP contribution in [-0.2, 0) is 7.05 Å². The van der Waals surface area contributed by atoms with Crippen molar-refractivity contribution in [3.8, 4) is 0 Å². The maximum absolute atomic E-state index is 12.6. The molecular weight excluding hydrogens is 312 g/mol. The zero-order valence-corrected chi connectivity index (χ0v) is 15.1. The van der Waals surface area contributed by atoms with Gasteiger partial charge in [0.2, 0.25) is 0 Å². The highest BCUT2D eigenvalue weighted by atomic mass is 16.3. The zero-order chi connectivity index (χ0) is 18.1. The van der Waals surface area contributed by atoms with Crippen LogP contribution in [0.5, 0.6) is 0 Å². The van der Waals surface area contributed by atoms with E-state index in [1.165, 1.54) is 0 Å². The molecule has 1 unspecified atom stereocenters. The fourth-order valence-electron chi connectivity index (χ4n) is 3.56. The molecular formula is C21H24N2O2. The molecule has 0 fully saturated rings. The molecule has 0 saturated heterocycles. The molecule has 4 nitrogen and oxygen atoms in total. The fraction of sp³-hybridized carbons (Fsp3) is 0.286. The summed E-state index contributed by atoms with van der Waals surface area (Å²) in [5.41, 5.74) is 5.63. The third kappa shape index (κ3) is 3.30. The molecule has 3 rings (SSSR count). The Morgan fingerprint density at radius 2 is 1.80 bits per heavy atom. The van der Waals surface area contributed by atoms with E-state index in [1.54, 1.807) is 0 Å². The number of benzene rings is 2. The van der Waals surface area contributed by atoms with Gasteiger partial charge in [-0.1, -0.05) is 35.9 Å². The first-order valence-corrected chi connectivity index (χ1v) is 8.46. The highest BCUT2D eigenvalue weighted by molar-refractivity contribution is 5.97. The van der Waals surface area contributed by atoms with Crippen molar-refractivity contribution in [1.29, 1.82) is 0 Å². The van der Waals surface area contributed by atoms with Crippen LogP contribution >= 0.6 is 0 Å². The van der Waals surface area contributed by atoms with E-state index in [-0.39, 0.29) is 12.5 Å². The molecule has 1 amide bonds. The summed E-state index contributed by atoms with van der Waals surface area (Å²) in [6.45, 7) is 6.08. The fourth-order valence-corrected chi connectivity index (χ4v) is 3.56. The third-order valence-corrected chi connectivity index (χ3v) is 4.65. The number of carbonyl (C=O) groups excluding carboxylic acids is 1. The SMILES string of the molecule is Cc1cc(C)c(C(=O)NCC(O)c2cn(C)c3ccccc23)c(C)c1. The number of aromatic nitrogens is 1. The van der Waals surface area contributed by atoms with Crippen LogP contribution in [0.25, 0.3) is 10.9 Å². The van der Waals surface area contributed by atoms with Crippen LogP contribution in [0.4, 0.5) is 0 Å². The number of nitrogens with one attached hydrogen (secondary N) is 1. The van der Waals surface area contributed by atoms with Crippen molar-refractivity contribution in [2.75, 3.05) is 6.54 Å². The topological polar surface area (TPSA) is 54.3 Å². The molecule has 25 heavy (non-hydrogen) atoms. The van der Waals surface area contributed by atoms with Gasteiger partial charge in [0.15, 0.2) is 0 Å². The highest BCUT2D eigenvalue weighted by Crippen LogP contribution is 2.25. The van der Waals surface area contributed by atoms with Gasteiger partial charge >= 0.3 is 0 Å². The Hall–Kier alpha value is -2.59. The molecule has 0 spiro atoms. The van der Waals surface area contributed by atoms with E-state index >= 15 is 0 Å². The largest absolute Gasteiger partial charge is 0.386 e. The number of hydrogen-bond acceptors (Lipinski definition) is 2. The quantitative estimate of drug-likeness (QED) is 0.765. The van der Waals surface area contributed by atoms with E-state index < -0.39 is 6.10 Å². The lowest BCUT2D eigenvalue weighted by atomic mass is 9.99. The molecule has 1 heterocycles. The van der Waals surface area contributed by atoms with E-state index in [2.05, 4.69) is 5.32 Å². The Balaban J connectivity index is 1.78. The van der Waals surface area contributed by atoms with Crippen LogP contribution in [0, 0.1) is 20.8 Å². The average Bonchev–Trinajstić information content (AvgIpc) is 2.89. The van der Waals surface area contributed by atoms with Crippen molar-refractivity contribution >= 4 is 16.8 Å². The molecule has 1 aromatic heterocycles. The molecule has 4 heteroatoms. The first-order valence-electron chi connectivity index (χ1n) is 8.46. The first kappa shape index (κ1) is 17.2. The van der Waals surface area contributed by atoms with Crippen molar-refractivity contribution in [3.63, 3.8) is 0 Å². The molecule has 2 N–H and O–H groups in total. The standard InChI is InChI=1S/C21H24N2O2/c1-13-9-14(2)20(15(3)10-13)21(25)22-11-19(24)17-12-23(4)18-8-6-5-7-16(17)18/h5-10,12,19,24H,11H2,1-4H3,(H,22,25). The van der Waals surface area contributed by atoms with Crippen molar-refractivity contribution in [2.24, 2.45) is 7.05 Å². The van der Waals surface area contributed by atoms with E-state index in [4.69, 9.17) is 0 Å². The molecule has 0 saturated carbocycles. The van der Waals surface area contributed by atoms with Gasteiger partial charge in [-0.25, -0.2) is 0 Å². The lowest BCUT2D eigenvalue weighted by Crippen LogP contribution is -2.29. The van der Waals surface area contributed by atoms with Gasteiger partial charge in [-0.15, -0.1) is 0 Å². The number of amides is 1. The van der Waals surface area contributed by atoms with Gasteiger partial charge in [0, 0.05) is 41.8 Å². The predicted octanol–water partition coefficient (Wildman–Crippen LogP) is 3.57. The maximum atomic E-state index is 12.6. The molecule has 0 radical (unpaired) electrons. The Kier molecular flexibility index (Phi) is 4.64. The number of rotatable bonds is 4. The van der Waals surface area contributed by atoms with Crippen molar-refractivity contribution in [2.45, 2.75) is 26.9 Å². The summed E-state index contributed by atoms with van der Waals surface area (Å²) in [6.07, 6.45) is 1.17. The molecule has 0 aliphatic heterocycles. The molecule has 1 atom stereocenters. The van der Waals surface area contributed by atoms with Crippen molar-refractivity contribution in [3.05, 3.63) is 70.4 Å². The predicted molar refractivity (Wildman–Crippen MR) is 101 cm³/mol. The van der Waals surface area contributed by atoms with Crippen LogP contribution < -0.4 is 5.32 Å². The van der Waals surface area contributed by atoms with Gasteiger partial charge in [0.05, 0.1) is 6.10 Å². The summed E-state index contributed by atoms with van der Waals surface area (Å²) in [5.74, 6) is -0.144. The Labute approximate surface area is 148 Å². The number of hydrogen-bond donors (Lipinski definition) is 2. The Morgan fingerprint density at radius 1 is 1.16 bits per heavy atom. The Morgan fingerprint density at radius 3 is 2.48 bits per heavy atom. The van der Waals surface area contributed by atoms with Crippen LogP contribution in [-0.4, -0.2) is 22.1 Å². The summed E-state index contributed by atoms with van der Waals surface area (Å²) in [4.78, 5) is 12.6. The highest BCUT2D eigenvalue weighted by Gasteiger charge is 2.17. The summed E-state index contributed by atoms with van der Waals surface area (Å²) in [6, 6.07) is 11.9. The lowest BCUT2D eigenvalue weighted by Gasteiger charge is -2.14. The van der Waals surface area contributed by atoms with Gasteiger partial charge in [0.25, 0.3) is 5.91 Å². The van der Waals surface area contributed by atoms with Crippen LogP contribution in [0.2, 0.25) is 0 Å². The van der Waals surface area contributed by atoms with Gasteiger partial charge < -0.3 is 15.0 Å². The average molecular weight is 336 g/mol. The first-order chi connectivity index (χ1) is 11.9. The lowest BCUT2D eigenvalue weighted by molar-refractivity contribution is 0.0915. The maximum Gasteiger partial charge on any atom is 0.251 e. The molecule has 0 aliphatic carbocycles. The summed E-state index contributed by atoms with van der Waals surface area (Å²) < 4.78 is 1.99. The van der Waals surface area contributed by atoms with Gasteiger partial charge in [-0.2, -0.15) is 0 Å². The second kappa shape index (κ2) is 6.73. The van der Waals surface area contributed by atoms with Crippen molar-refractivity contribution in [1.82, 2.24) is 9.88 Å². The minimum absolute atomic E-state index is 0.144. The summed E-state index contributed by atoms with van der Waals surface area (Å²) >= 11 is 0. The molecule has 0 aliphatic rings. The zero-order valence-electron chi connectivity index (χ0n) is 15.1. The smallest absolute Gasteiger partial charge is 0.251 e. The number of aryl methyl sites for hydroxylation is 4. The monoisotopic (exact) mass is 336 g/mol. The number of carbonyl (C=O) groups is 1. The number of fused-ring (bicyclic) bond motifs is 1. The number of para-hydroxylation sites is 1. The molecule has 0 bridgehead atoms. The second-order valence-corrected chi connectivity index (χ2v) is 6.71. The van der Waals surface area contributed by atoms with Gasteiger partial charge in [-0.3, -0.25) is 4.79 Å². The van der Waals surface area contributed by atoms with E-state index in [9.17, 15) is 9.90 Å². The van der Waals surface area contributed by atoms with Crippen molar-refractivity contribution < 1.29 is 9.90 Å².